The molecule has 0 bridgehead atoms. The molecule has 1 aliphatic rings. The average Bonchev–Trinajstić information content (AvgIpc) is 2.63. The van der Waals surface area contributed by atoms with Gasteiger partial charge >= 0.3 is 0 Å². The maximum absolute atomic E-state index is 12.9. The minimum atomic E-state index is -0.188. The standard InChI is InChI=1S/C21H23BrN2O2/c1-15(25)24-12-11-16-7-3-5-9-18(16)20(24)13-21(26)23(2)14-17-8-4-6-10-19(17)22/h3-10,20H,11-14H2,1-2H3. The summed E-state index contributed by atoms with van der Waals surface area (Å²) in [6.07, 6.45) is 1.14. The van der Waals surface area contributed by atoms with E-state index in [9.17, 15) is 9.59 Å². The van der Waals surface area contributed by atoms with Crippen LogP contribution in [0.4, 0.5) is 0 Å². The molecule has 2 aromatic carbocycles. The summed E-state index contributed by atoms with van der Waals surface area (Å²) < 4.78 is 0.994. The van der Waals surface area contributed by atoms with Gasteiger partial charge in [-0.3, -0.25) is 9.59 Å². The maximum atomic E-state index is 12.9. The van der Waals surface area contributed by atoms with Crippen molar-refractivity contribution in [1.82, 2.24) is 9.80 Å². The van der Waals surface area contributed by atoms with E-state index in [4.69, 9.17) is 0 Å². The number of fused-ring (bicyclic) bond motifs is 1. The molecule has 0 radical (unpaired) electrons. The van der Waals surface area contributed by atoms with Gasteiger partial charge in [-0.05, 0) is 29.2 Å². The lowest BCUT2D eigenvalue weighted by molar-refractivity contribution is -0.136. The molecule has 0 fully saturated rings. The molecule has 1 atom stereocenters. The number of hydrogen-bond donors (Lipinski definition) is 0. The van der Waals surface area contributed by atoms with E-state index in [0.29, 0.717) is 19.5 Å². The lowest BCUT2D eigenvalue weighted by Gasteiger charge is -2.37. The molecule has 3 rings (SSSR count). The van der Waals surface area contributed by atoms with Crippen molar-refractivity contribution < 1.29 is 9.59 Å². The van der Waals surface area contributed by atoms with Gasteiger partial charge in [0.1, 0.15) is 0 Å². The number of hydrogen-bond acceptors (Lipinski definition) is 2. The number of nitrogens with zero attached hydrogens (tertiary/aromatic N) is 2. The van der Waals surface area contributed by atoms with Crippen molar-refractivity contribution in [2.75, 3.05) is 13.6 Å². The predicted molar refractivity (Wildman–Crippen MR) is 106 cm³/mol. The Balaban J connectivity index is 1.78. The van der Waals surface area contributed by atoms with Crippen LogP contribution in [0.25, 0.3) is 0 Å². The van der Waals surface area contributed by atoms with Gasteiger partial charge in [0.25, 0.3) is 0 Å². The molecule has 0 saturated carbocycles. The predicted octanol–water partition coefficient (Wildman–Crippen LogP) is 3.94. The van der Waals surface area contributed by atoms with E-state index in [1.54, 1.807) is 11.8 Å². The summed E-state index contributed by atoms with van der Waals surface area (Å²) in [5.41, 5.74) is 3.39. The van der Waals surface area contributed by atoms with Crippen molar-refractivity contribution in [3.05, 3.63) is 69.7 Å². The molecule has 0 aromatic heterocycles. The molecule has 0 saturated heterocycles. The molecule has 4 nitrogen and oxygen atoms in total. The molecule has 0 aliphatic carbocycles. The van der Waals surface area contributed by atoms with E-state index in [1.807, 2.05) is 54.4 Å². The van der Waals surface area contributed by atoms with E-state index in [0.717, 1.165) is 22.0 Å². The Bertz CT molecular complexity index is 821. The minimum Gasteiger partial charge on any atom is -0.341 e. The summed E-state index contributed by atoms with van der Waals surface area (Å²) in [4.78, 5) is 28.5. The fourth-order valence-electron chi connectivity index (χ4n) is 3.54. The number of benzene rings is 2. The van der Waals surface area contributed by atoms with Gasteiger partial charge < -0.3 is 9.80 Å². The molecule has 1 heterocycles. The van der Waals surface area contributed by atoms with Gasteiger partial charge in [0.2, 0.25) is 11.8 Å². The number of rotatable bonds is 4. The third-order valence-corrected chi connectivity index (χ3v) is 5.75. The van der Waals surface area contributed by atoms with Crippen LogP contribution in [0.15, 0.2) is 53.0 Å². The number of carbonyl (C=O) groups excluding carboxylic acids is 2. The first-order chi connectivity index (χ1) is 12.5. The van der Waals surface area contributed by atoms with Gasteiger partial charge in [-0.25, -0.2) is 0 Å². The smallest absolute Gasteiger partial charge is 0.225 e. The second-order valence-electron chi connectivity index (χ2n) is 6.72. The van der Waals surface area contributed by atoms with Crippen LogP contribution in [-0.4, -0.2) is 35.2 Å². The second-order valence-corrected chi connectivity index (χ2v) is 7.58. The summed E-state index contributed by atoms with van der Waals surface area (Å²) >= 11 is 3.53. The Labute approximate surface area is 162 Å². The van der Waals surface area contributed by atoms with Crippen LogP contribution in [-0.2, 0) is 22.6 Å². The zero-order valence-electron chi connectivity index (χ0n) is 15.1. The summed E-state index contributed by atoms with van der Waals surface area (Å²) in [6, 6.07) is 15.8. The molecule has 1 unspecified atom stereocenters. The van der Waals surface area contributed by atoms with Gasteiger partial charge in [-0.2, -0.15) is 0 Å². The van der Waals surface area contributed by atoms with E-state index in [1.165, 1.54) is 5.56 Å². The Morgan fingerprint density at radius 3 is 2.58 bits per heavy atom. The van der Waals surface area contributed by atoms with Crippen LogP contribution in [0.3, 0.4) is 0 Å². The largest absolute Gasteiger partial charge is 0.341 e. The number of carbonyl (C=O) groups is 2. The molecule has 1 aliphatic heterocycles. The molecule has 2 amide bonds. The topological polar surface area (TPSA) is 40.6 Å². The molecular weight excluding hydrogens is 392 g/mol. The minimum absolute atomic E-state index is 0.0192. The van der Waals surface area contributed by atoms with Crippen molar-refractivity contribution in [1.29, 1.82) is 0 Å². The second kappa shape index (κ2) is 8.04. The number of halogens is 1. The highest BCUT2D eigenvalue weighted by atomic mass is 79.9. The van der Waals surface area contributed by atoms with Crippen molar-refractivity contribution in [2.45, 2.75) is 32.4 Å². The first-order valence-electron chi connectivity index (χ1n) is 8.79. The lowest BCUT2D eigenvalue weighted by atomic mass is 9.90. The Morgan fingerprint density at radius 2 is 1.85 bits per heavy atom. The van der Waals surface area contributed by atoms with Crippen LogP contribution < -0.4 is 0 Å². The third kappa shape index (κ3) is 3.98. The Hall–Kier alpha value is -2.14. The first-order valence-corrected chi connectivity index (χ1v) is 9.59. The summed E-state index contributed by atoms with van der Waals surface area (Å²) in [5.74, 6) is 0.0551. The quantitative estimate of drug-likeness (QED) is 0.759. The van der Waals surface area contributed by atoms with Gasteiger partial charge in [-0.1, -0.05) is 58.4 Å². The van der Waals surface area contributed by atoms with Crippen LogP contribution in [0, 0.1) is 0 Å². The summed E-state index contributed by atoms with van der Waals surface area (Å²) in [7, 11) is 1.81. The van der Waals surface area contributed by atoms with Gasteiger partial charge in [0.15, 0.2) is 0 Å². The van der Waals surface area contributed by atoms with Crippen LogP contribution >= 0.6 is 15.9 Å². The monoisotopic (exact) mass is 414 g/mol. The maximum Gasteiger partial charge on any atom is 0.225 e. The molecule has 5 heteroatoms. The van der Waals surface area contributed by atoms with E-state index >= 15 is 0 Å². The van der Waals surface area contributed by atoms with E-state index in [-0.39, 0.29) is 17.9 Å². The summed E-state index contributed by atoms with van der Waals surface area (Å²) in [6.45, 7) is 2.78. The van der Waals surface area contributed by atoms with Gasteiger partial charge in [0.05, 0.1) is 12.5 Å². The lowest BCUT2D eigenvalue weighted by Crippen LogP contribution is -2.41. The fraction of sp³-hybridized carbons (Fsp3) is 0.333. The highest BCUT2D eigenvalue weighted by Gasteiger charge is 2.31. The van der Waals surface area contributed by atoms with Crippen molar-refractivity contribution in [2.24, 2.45) is 0 Å². The Morgan fingerprint density at radius 1 is 1.15 bits per heavy atom. The molecule has 26 heavy (non-hydrogen) atoms. The van der Waals surface area contributed by atoms with Crippen LogP contribution in [0.1, 0.15) is 36.1 Å². The van der Waals surface area contributed by atoms with Gasteiger partial charge in [-0.15, -0.1) is 0 Å². The Kier molecular flexibility index (Phi) is 5.77. The highest BCUT2D eigenvalue weighted by Crippen LogP contribution is 2.33. The zero-order valence-corrected chi connectivity index (χ0v) is 16.7. The van der Waals surface area contributed by atoms with Crippen molar-refractivity contribution in [3.8, 4) is 0 Å². The number of amides is 2. The molecule has 0 spiro atoms. The third-order valence-electron chi connectivity index (χ3n) is 4.98. The highest BCUT2D eigenvalue weighted by molar-refractivity contribution is 9.10. The van der Waals surface area contributed by atoms with Crippen LogP contribution in [0.5, 0.6) is 0 Å². The fourth-order valence-corrected chi connectivity index (χ4v) is 3.95. The normalized spacial score (nSPS) is 16.1. The molecule has 0 N–H and O–H groups in total. The molecular formula is C21H23BrN2O2. The van der Waals surface area contributed by atoms with E-state index < -0.39 is 0 Å². The first kappa shape index (κ1) is 18.6. The average molecular weight is 415 g/mol. The van der Waals surface area contributed by atoms with Crippen molar-refractivity contribution >= 4 is 27.7 Å². The van der Waals surface area contributed by atoms with Gasteiger partial charge in [0, 0.05) is 31.5 Å². The van der Waals surface area contributed by atoms with E-state index in [2.05, 4.69) is 22.0 Å². The summed E-state index contributed by atoms with van der Waals surface area (Å²) in [5, 5.41) is 0. The zero-order chi connectivity index (χ0) is 18.7. The van der Waals surface area contributed by atoms with Crippen LogP contribution in [0.2, 0.25) is 0 Å². The van der Waals surface area contributed by atoms with Crippen molar-refractivity contribution in [3.63, 3.8) is 0 Å². The molecule has 136 valence electrons. The molecule has 2 aromatic rings. The SMILES string of the molecule is CC(=O)N1CCc2ccccc2C1CC(=O)N(C)Cc1ccccc1Br.